The normalized spacial score (nSPS) is 11.5. The largest absolute Gasteiger partial charge is 0.492 e. The molecule has 0 heterocycles. The van der Waals surface area contributed by atoms with Crippen LogP contribution in [0.15, 0.2) is 47.4 Å². The quantitative estimate of drug-likeness (QED) is 0.497. The molecule has 2 aromatic carbocycles. The van der Waals surface area contributed by atoms with Gasteiger partial charge in [-0.2, -0.15) is 9.57 Å². The molecule has 10 heteroatoms. The van der Waals surface area contributed by atoms with Crippen molar-refractivity contribution in [3.05, 3.63) is 48.0 Å². The minimum absolute atomic E-state index is 0.0350. The number of nitrogens with zero attached hydrogens (tertiary/aromatic N) is 2. The van der Waals surface area contributed by atoms with E-state index in [-0.39, 0.29) is 35.3 Å². The first-order valence-electron chi connectivity index (χ1n) is 9.50. The number of hydrogen-bond donors (Lipinski definition) is 0. The van der Waals surface area contributed by atoms with E-state index in [1.54, 1.807) is 19.1 Å². The lowest BCUT2D eigenvalue weighted by Crippen LogP contribution is -2.36. The Hall–Kier alpha value is -2.82. The van der Waals surface area contributed by atoms with Gasteiger partial charge in [0.2, 0.25) is 0 Å². The van der Waals surface area contributed by atoms with E-state index in [1.165, 1.54) is 43.7 Å². The molecule has 31 heavy (non-hydrogen) atoms. The van der Waals surface area contributed by atoms with Crippen LogP contribution in [0.5, 0.6) is 11.5 Å². The Morgan fingerprint density at radius 1 is 1.16 bits per heavy atom. The molecule has 0 fully saturated rings. The molecule has 0 aromatic heterocycles. The first kappa shape index (κ1) is 24.4. The zero-order valence-corrected chi connectivity index (χ0v) is 19.6. The van der Waals surface area contributed by atoms with E-state index in [9.17, 15) is 17.8 Å². The minimum Gasteiger partial charge on any atom is -0.492 e. The number of carbonyl (C=O) groups is 1. The number of para-hydroxylation sites is 1. The van der Waals surface area contributed by atoms with Crippen molar-refractivity contribution >= 4 is 28.5 Å². The fraction of sp³-hybridized carbons (Fsp3) is 0.333. The molecule has 0 spiro atoms. The summed E-state index contributed by atoms with van der Waals surface area (Å²) in [6.07, 6.45) is 0.660. The summed E-state index contributed by atoms with van der Waals surface area (Å²) >= 11 is 0. The van der Waals surface area contributed by atoms with Crippen molar-refractivity contribution < 1.29 is 27.3 Å². The number of rotatable bonds is 9. The SMILES string of the molecule is CCCOc1ccccc1S(=O)(=O)N(C(=O)P(C)(C)=O)c1cc(C)cc(OCC#N)c1. The second kappa shape index (κ2) is 9.99. The molecule has 8 nitrogen and oxygen atoms in total. The van der Waals surface area contributed by atoms with E-state index < -0.39 is 22.8 Å². The number of benzene rings is 2. The molecule has 1 amide bonds. The van der Waals surface area contributed by atoms with Gasteiger partial charge in [0, 0.05) is 6.07 Å². The monoisotopic (exact) mass is 464 g/mol. The second-order valence-electron chi connectivity index (χ2n) is 7.15. The van der Waals surface area contributed by atoms with Gasteiger partial charge in [-0.1, -0.05) is 19.1 Å². The average Bonchev–Trinajstić information content (AvgIpc) is 2.69. The lowest BCUT2D eigenvalue weighted by molar-refractivity contribution is 0.265. The lowest BCUT2D eigenvalue weighted by atomic mass is 10.2. The summed E-state index contributed by atoms with van der Waals surface area (Å²) in [4.78, 5) is 12.9. The summed E-state index contributed by atoms with van der Waals surface area (Å²) in [6, 6.07) is 12.2. The molecule has 2 rings (SSSR count). The van der Waals surface area contributed by atoms with E-state index in [4.69, 9.17) is 14.7 Å². The van der Waals surface area contributed by atoms with Crippen LogP contribution in [0.3, 0.4) is 0 Å². The Bertz CT molecular complexity index is 1150. The number of ether oxygens (including phenoxy) is 2. The Morgan fingerprint density at radius 2 is 1.84 bits per heavy atom. The van der Waals surface area contributed by atoms with E-state index in [0.29, 0.717) is 16.3 Å². The predicted octanol–water partition coefficient (Wildman–Crippen LogP) is 4.62. The summed E-state index contributed by atoms with van der Waals surface area (Å²) in [5, 5.41) is 8.76. The molecular formula is C21H25N2O6PS. The molecule has 0 N–H and O–H groups in total. The van der Waals surface area contributed by atoms with Crippen molar-refractivity contribution in [3.63, 3.8) is 0 Å². The van der Waals surface area contributed by atoms with Gasteiger partial charge in [-0.25, -0.2) is 8.42 Å². The van der Waals surface area contributed by atoms with Crippen LogP contribution in [0.4, 0.5) is 10.5 Å². The molecule has 0 bridgehead atoms. The molecule has 0 unspecified atom stereocenters. The van der Waals surface area contributed by atoms with E-state index in [1.807, 2.05) is 13.0 Å². The van der Waals surface area contributed by atoms with E-state index in [2.05, 4.69) is 0 Å². The number of anilines is 1. The van der Waals surface area contributed by atoms with Crippen LogP contribution in [0.2, 0.25) is 0 Å². The molecule has 0 aliphatic rings. The van der Waals surface area contributed by atoms with Crippen molar-refractivity contribution in [2.24, 2.45) is 0 Å². The zero-order chi connectivity index (χ0) is 23.2. The van der Waals surface area contributed by atoms with Gasteiger partial charge in [-0.05, 0) is 56.5 Å². The molecular weight excluding hydrogens is 439 g/mol. The highest BCUT2D eigenvalue weighted by molar-refractivity contribution is 7.96. The van der Waals surface area contributed by atoms with Crippen LogP contribution in [-0.2, 0) is 14.6 Å². The molecule has 166 valence electrons. The summed E-state index contributed by atoms with van der Waals surface area (Å²) < 4.78 is 51.4. The van der Waals surface area contributed by atoms with Crippen LogP contribution in [0, 0.1) is 18.3 Å². The summed E-state index contributed by atoms with van der Waals surface area (Å²) in [6.45, 7) is 6.02. The van der Waals surface area contributed by atoms with Crippen LogP contribution in [-0.4, -0.2) is 40.6 Å². The third-order valence-corrected chi connectivity index (χ3v) is 7.04. The van der Waals surface area contributed by atoms with Crippen molar-refractivity contribution in [1.82, 2.24) is 0 Å². The van der Waals surface area contributed by atoms with Gasteiger partial charge >= 0.3 is 0 Å². The van der Waals surface area contributed by atoms with Gasteiger partial charge in [-0.15, -0.1) is 0 Å². The van der Waals surface area contributed by atoms with Gasteiger partial charge < -0.3 is 14.0 Å². The maximum atomic E-state index is 13.7. The molecule has 0 aliphatic heterocycles. The van der Waals surface area contributed by atoms with Crippen molar-refractivity contribution in [1.29, 1.82) is 5.26 Å². The summed E-state index contributed by atoms with van der Waals surface area (Å²) in [5.74, 6) is 0.305. The predicted molar refractivity (Wildman–Crippen MR) is 119 cm³/mol. The van der Waals surface area contributed by atoms with Crippen LogP contribution in [0.1, 0.15) is 18.9 Å². The zero-order valence-electron chi connectivity index (χ0n) is 17.9. The highest BCUT2D eigenvalue weighted by atomic mass is 32.2. The fourth-order valence-corrected chi connectivity index (χ4v) is 5.59. The van der Waals surface area contributed by atoms with Crippen LogP contribution < -0.4 is 13.8 Å². The third-order valence-electron chi connectivity index (χ3n) is 4.04. The Kier molecular flexibility index (Phi) is 7.88. The van der Waals surface area contributed by atoms with Gasteiger partial charge in [-0.3, -0.25) is 4.79 Å². The van der Waals surface area contributed by atoms with Crippen LogP contribution >= 0.6 is 7.14 Å². The number of nitriles is 1. The highest BCUT2D eigenvalue weighted by Crippen LogP contribution is 2.44. The molecule has 0 aliphatic carbocycles. The highest BCUT2D eigenvalue weighted by Gasteiger charge is 2.39. The molecule has 0 saturated heterocycles. The molecule has 2 aromatic rings. The maximum Gasteiger partial charge on any atom is 0.298 e. The first-order valence-corrected chi connectivity index (χ1v) is 13.5. The molecule has 0 atom stereocenters. The second-order valence-corrected chi connectivity index (χ2v) is 12.0. The van der Waals surface area contributed by atoms with Gasteiger partial charge in [0.25, 0.3) is 15.7 Å². The Morgan fingerprint density at radius 3 is 2.45 bits per heavy atom. The average molecular weight is 464 g/mol. The number of carbonyl (C=O) groups excluding carboxylic acids is 1. The van der Waals surface area contributed by atoms with E-state index in [0.717, 1.165) is 0 Å². The first-order chi connectivity index (χ1) is 14.5. The van der Waals surface area contributed by atoms with Crippen molar-refractivity contribution in [3.8, 4) is 17.6 Å². The topological polar surface area (TPSA) is 114 Å². The van der Waals surface area contributed by atoms with Gasteiger partial charge in [0.15, 0.2) is 13.7 Å². The van der Waals surface area contributed by atoms with Gasteiger partial charge in [0.1, 0.15) is 22.5 Å². The number of sulfonamides is 1. The van der Waals surface area contributed by atoms with Crippen molar-refractivity contribution in [2.75, 3.05) is 30.8 Å². The number of amides is 1. The summed E-state index contributed by atoms with van der Waals surface area (Å²) in [7, 11) is -7.99. The third kappa shape index (κ3) is 5.87. The van der Waals surface area contributed by atoms with E-state index >= 15 is 0 Å². The van der Waals surface area contributed by atoms with Gasteiger partial charge in [0.05, 0.1) is 12.3 Å². The Balaban J connectivity index is 2.72. The number of hydrogen-bond acceptors (Lipinski definition) is 7. The standard InChI is InChI=1S/C21H25N2O6PS/c1-5-11-29-19-8-6-7-9-20(19)31(26,27)23(21(24)30(3,4)25)17-13-16(2)14-18(15-17)28-12-10-22/h6-9,13-15H,5,11-12H2,1-4H3. The maximum absolute atomic E-state index is 13.7. The van der Waals surface area contributed by atoms with Crippen LogP contribution in [0.25, 0.3) is 0 Å². The fourth-order valence-electron chi connectivity index (χ4n) is 2.71. The smallest absolute Gasteiger partial charge is 0.298 e. The Labute approximate surface area is 182 Å². The van der Waals surface area contributed by atoms with Crippen molar-refractivity contribution in [2.45, 2.75) is 25.2 Å². The minimum atomic E-state index is -4.49. The summed E-state index contributed by atoms with van der Waals surface area (Å²) in [5.41, 5.74) is -0.488. The number of aryl methyl sites for hydroxylation is 1. The molecule has 0 saturated carbocycles. The lowest BCUT2D eigenvalue weighted by Gasteiger charge is -2.26. The molecule has 0 radical (unpaired) electrons.